The quantitative estimate of drug-likeness (QED) is 0.483. The zero-order chi connectivity index (χ0) is 22.6. The number of carbonyl (C=O) groups is 1. The second kappa shape index (κ2) is 10.3. The highest BCUT2D eigenvalue weighted by Gasteiger charge is 2.27. The Labute approximate surface area is 201 Å². The number of fused-ring (bicyclic) bond motifs is 1. The van der Waals surface area contributed by atoms with Crippen LogP contribution >= 0.6 is 11.8 Å². The van der Waals surface area contributed by atoms with Gasteiger partial charge in [0.05, 0.1) is 16.8 Å². The molecule has 2 aromatic carbocycles. The van der Waals surface area contributed by atoms with Crippen LogP contribution < -0.4 is 5.32 Å². The van der Waals surface area contributed by atoms with Crippen molar-refractivity contribution < 1.29 is 4.79 Å². The Hall–Kier alpha value is -2.37. The minimum atomic E-state index is 0.0469. The SMILES string of the molecule is C[C@H](NC(=O)c1c(CN2CCSC2)c(-c2ccccc2)nc2ccccc12)C1CCCCC1. The van der Waals surface area contributed by atoms with Gasteiger partial charge in [0.1, 0.15) is 0 Å². The van der Waals surface area contributed by atoms with Crippen LogP contribution in [-0.4, -0.2) is 40.0 Å². The molecule has 1 aromatic heterocycles. The first kappa shape index (κ1) is 22.4. The summed E-state index contributed by atoms with van der Waals surface area (Å²) in [6, 6.07) is 18.6. The molecule has 0 unspecified atom stereocenters. The van der Waals surface area contributed by atoms with Crippen molar-refractivity contribution in [2.75, 3.05) is 18.2 Å². The van der Waals surface area contributed by atoms with Gasteiger partial charge in [-0.2, -0.15) is 0 Å². The van der Waals surface area contributed by atoms with Crippen molar-refractivity contribution in [3.63, 3.8) is 0 Å². The number of para-hydroxylation sites is 1. The lowest BCUT2D eigenvalue weighted by atomic mass is 9.84. The highest BCUT2D eigenvalue weighted by molar-refractivity contribution is 7.99. The topological polar surface area (TPSA) is 45.2 Å². The number of hydrogen-bond donors (Lipinski definition) is 1. The van der Waals surface area contributed by atoms with Gasteiger partial charge in [-0.1, -0.05) is 67.8 Å². The molecule has 0 radical (unpaired) electrons. The average molecular weight is 460 g/mol. The lowest BCUT2D eigenvalue weighted by Crippen LogP contribution is -2.39. The molecule has 1 saturated heterocycles. The van der Waals surface area contributed by atoms with E-state index in [2.05, 4.69) is 35.3 Å². The zero-order valence-electron chi connectivity index (χ0n) is 19.4. The first-order valence-electron chi connectivity index (χ1n) is 12.3. The van der Waals surface area contributed by atoms with Gasteiger partial charge in [-0.3, -0.25) is 9.69 Å². The third kappa shape index (κ3) is 4.95. The second-order valence-corrected chi connectivity index (χ2v) is 10.5. The number of benzene rings is 2. The highest BCUT2D eigenvalue weighted by atomic mass is 32.2. The van der Waals surface area contributed by atoms with Crippen LogP contribution in [0.5, 0.6) is 0 Å². The Morgan fingerprint density at radius 3 is 2.61 bits per heavy atom. The first-order valence-corrected chi connectivity index (χ1v) is 13.4. The van der Waals surface area contributed by atoms with Crippen LogP contribution in [0.3, 0.4) is 0 Å². The van der Waals surface area contributed by atoms with Crippen molar-refractivity contribution in [1.29, 1.82) is 0 Å². The van der Waals surface area contributed by atoms with Crippen molar-refractivity contribution in [2.24, 2.45) is 5.92 Å². The van der Waals surface area contributed by atoms with E-state index in [0.29, 0.717) is 5.92 Å². The molecule has 1 aliphatic heterocycles. The van der Waals surface area contributed by atoms with E-state index < -0.39 is 0 Å². The van der Waals surface area contributed by atoms with Crippen LogP contribution in [0, 0.1) is 5.92 Å². The molecule has 1 aliphatic carbocycles. The zero-order valence-corrected chi connectivity index (χ0v) is 20.2. The molecule has 5 heteroatoms. The molecule has 5 rings (SSSR count). The van der Waals surface area contributed by atoms with Crippen molar-refractivity contribution in [1.82, 2.24) is 15.2 Å². The van der Waals surface area contributed by atoms with Crippen LogP contribution in [0.25, 0.3) is 22.2 Å². The summed E-state index contributed by atoms with van der Waals surface area (Å²) >= 11 is 1.96. The molecule has 2 fully saturated rings. The van der Waals surface area contributed by atoms with Gasteiger partial charge in [0.15, 0.2) is 0 Å². The predicted octanol–water partition coefficient (Wildman–Crippen LogP) is 6.11. The Balaban J connectivity index is 1.60. The molecular weight excluding hydrogens is 426 g/mol. The summed E-state index contributed by atoms with van der Waals surface area (Å²) in [7, 11) is 0. The number of aromatic nitrogens is 1. The molecular formula is C28H33N3OS. The molecule has 0 bridgehead atoms. The Morgan fingerprint density at radius 1 is 1.09 bits per heavy atom. The lowest BCUT2D eigenvalue weighted by Gasteiger charge is -2.29. The number of rotatable bonds is 6. The van der Waals surface area contributed by atoms with Crippen LogP contribution in [0.15, 0.2) is 54.6 Å². The van der Waals surface area contributed by atoms with Crippen molar-refractivity contribution >= 4 is 28.6 Å². The Bertz CT molecular complexity index is 1100. The van der Waals surface area contributed by atoms with Gasteiger partial charge in [0, 0.05) is 47.3 Å². The van der Waals surface area contributed by atoms with Crippen molar-refractivity contribution in [2.45, 2.75) is 51.6 Å². The maximum Gasteiger partial charge on any atom is 0.252 e. The molecule has 3 aromatic rings. The normalized spacial score (nSPS) is 18.5. The summed E-state index contributed by atoms with van der Waals surface area (Å²) in [5.74, 6) is 2.76. The minimum absolute atomic E-state index is 0.0469. The smallest absolute Gasteiger partial charge is 0.252 e. The number of amides is 1. The number of thioether (sulfide) groups is 1. The molecule has 1 atom stereocenters. The molecule has 172 valence electrons. The Kier molecular flexibility index (Phi) is 6.98. The summed E-state index contributed by atoms with van der Waals surface area (Å²) in [5, 5.41) is 4.36. The fourth-order valence-corrected chi connectivity index (χ4v) is 6.33. The fourth-order valence-electron chi connectivity index (χ4n) is 5.33. The van der Waals surface area contributed by atoms with E-state index >= 15 is 0 Å². The molecule has 0 spiro atoms. The van der Waals surface area contributed by atoms with Crippen LogP contribution in [0.1, 0.15) is 54.9 Å². The lowest BCUT2D eigenvalue weighted by molar-refractivity contribution is 0.0919. The van der Waals surface area contributed by atoms with Gasteiger partial charge in [0.25, 0.3) is 5.91 Å². The average Bonchev–Trinajstić information content (AvgIpc) is 3.38. The maximum absolute atomic E-state index is 13.9. The standard InChI is InChI=1S/C28H33N3OS/c1-20(21-10-4-2-5-11-21)29-28(32)26-23-14-8-9-15-25(23)30-27(22-12-6-3-7-13-22)24(26)18-31-16-17-33-19-31/h3,6-9,12-15,20-21H,2,4-5,10-11,16-19H2,1H3,(H,29,32)/t20-/m0/s1. The minimum Gasteiger partial charge on any atom is -0.349 e. The van der Waals surface area contributed by atoms with E-state index in [4.69, 9.17) is 4.98 Å². The van der Waals surface area contributed by atoms with Gasteiger partial charge >= 0.3 is 0 Å². The van der Waals surface area contributed by atoms with E-state index in [9.17, 15) is 4.79 Å². The van der Waals surface area contributed by atoms with E-state index in [1.807, 2.05) is 48.2 Å². The molecule has 33 heavy (non-hydrogen) atoms. The Morgan fingerprint density at radius 2 is 1.85 bits per heavy atom. The largest absolute Gasteiger partial charge is 0.349 e. The second-order valence-electron chi connectivity index (χ2n) is 9.45. The van der Waals surface area contributed by atoms with Crippen molar-refractivity contribution in [3.05, 3.63) is 65.7 Å². The molecule has 1 amide bonds. The predicted molar refractivity (Wildman–Crippen MR) is 138 cm³/mol. The molecule has 2 heterocycles. The first-order chi connectivity index (χ1) is 16.2. The molecule has 4 nitrogen and oxygen atoms in total. The van der Waals surface area contributed by atoms with Gasteiger partial charge < -0.3 is 5.32 Å². The van der Waals surface area contributed by atoms with Crippen LogP contribution in [0.4, 0.5) is 0 Å². The summed E-state index contributed by atoms with van der Waals surface area (Å²) < 4.78 is 0. The summed E-state index contributed by atoms with van der Waals surface area (Å²) in [6.45, 7) is 3.98. The van der Waals surface area contributed by atoms with E-state index in [0.717, 1.165) is 58.0 Å². The van der Waals surface area contributed by atoms with Crippen LogP contribution in [-0.2, 0) is 6.54 Å². The summed E-state index contributed by atoms with van der Waals surface area (Å²) in [5.41, 5.74) is 4.74. The summed E-state index contributed by atoms with van der Waals surface area (Å²) in [6.07, 6.45) is 6.31. The molecule has 2 aliphatic rings. The third-order valence-electron chi connectivity index (χ3n) is 7.19. The summed E-state index contributed by atoms with van der Waals surface area (Å²) in [4.78, 5) is 21.4. The third-order valence-corrected chi connectivity index (χ3v) is 8.21. The highest BCUT2D eigenvalue weighted by Crippen LogP contribution is 2.33. The van der Waals surface area contributed by atoms with E-state index in [1.165, 1.54) is 32.1 Å². The van der Waals surface area contributed by atoms with Crippen LogP contribution in [0.2, 0.25) is 0 Å². The number of carbonyl (C=O) groups excluding carboxylic acids is 1. The molecule has 1 saturated carbocycles. The fraction of sp³-hybridized carbons (Fsp3) is 0.429. The van der Waals surface area contributed by atoms with Crippen molar-refractivity contribution in [3.8, 4) is 11.3 Å². The number of hydrogen-bond acceptors (Lipinski definition) is 4. The number of nitrogens with zero attached hydrogens (tertiary/aromatic N) is 2. The van der Waals surface area contributed by atoms with E-state index in [-0.39, 0.29) is 11.9 Å². The van der Waals surface area contributed by atoms with Gasteiger partial charge in [-0.05, 0) is 31.7 Å². The molecule has 1 N–H and O–H groups in total. The van der Waals surface area contributed by atoms with E-state index in [1.54, 1.807) is 0 Å². The van der Waals surface area contributed by atoms with Gasteiger partial charge in [0.2, 0.25) is 0 Å². The van der Waals surface area contributed by atoms with Gasteiger partial charge in [-0.25, -0.2) is 4.98 Å². The monoisotopic (exact) mass is 459 g/mol. The maximum atomic E-state index is 13.9. The number of nitrogens with one attached hydrogen (secondary N) is 1. The number of pyridine rings is 1. The van der Waals surface area contributed by atoms with Gasteiger partial charge in [-0.15, -0.1) is 11.8 Å².